The van der Waals surface area contributed by atoms with Crippen LogP contribution in [-0.2, 0) is 17.9 Å². The van der Waals surface area contributed by atoms with E-state index in [-0.39, 0.29) is 23.9 Å². The van der Waals surface area contributed by atoms with Crippen molar-refractivity contribution in [2.45, 2.75) is 44.5 Å². The van der Waals surface area contributed by atoms with Gasteiger partial charge in [0.05, 0.1) is 46.0 Å². The maximum atomic E-state index is 15.5. The minimum Gasteiger partial charge on any atom is -0.481 e. The lowest BCUT2D eigenvalue weighted by Crippen LogP contribution is -2.35. The van der Waals surface area contributed by atoms with Crippen molar-refractivity contribution in [3.05, 3.63) is 87.8 Å². The molecule has 0 bridgehead atoms. The van der Waals surface area contributed by atoms with Gasteiger partial charge in [-0.3, -0.25) is 14.7 Å². The summed E-state index contributed by atoms with van der Waals surface area (Å²) in [5, 5.41) is 20.0. The van der Waals surface area contributed by atoms with Crippen molar-refractivity contribution in [1.29, 1.82) is 0 Å². The number of benzene rings is 2. The van der Waals surface area contributed by atoms with E-state index in [2.05, 4.69) is 20.9 Å². The highest BCUT2D eigenvalue weighted by Gasteiger charge is 2.23. The molecule has 0 aliphatic carbocycles. The number of methoxy groups -OCH3 is 1. The van der Waals surface area contributed by atoms with E-state index in [1.54, 1.807) is 43.6 Å². The predicted molar refractivity (Wildman–Crippen MR) is 178 cm³/mol. The van der Waals surface area contributed by atoms with Gasteiger partial charge in [0, 0.05) is 73.6 Å². The number of ether oxygens (including phenoxy) is 1. The van der Waals surface area contributed by atoms with E-state index in [4.69, 9.17) is 32.9 Å². The Balaban J connectivity index is 1.21. The van der Waals surface area contributed by atoms with Gasteiger partial charge < -0.3 is 25.8 Å². The zero-order valence-corrected chi connectivity index (χ0v) is 26.8. The minimum atomic E-state index is -0.372. The molecule has 0 saturated carbocycles. The van der Waals surface area contributed by atoms with Gasteiger partial charge in [0.1, 0.15) is 0 Å². The van der Waals surface area contributed by atoms with Gasteiger partial charge in [-0.25, -0.2) is 9.37 Å². The number of pyridine rings is 2. The molecule has 46 heavy (non-hydrogen) atoms. The highest BCUT2D eigenvalue weighted by Crippen LogP contribution is 2.41. The second kappa shape index (κ2) is 14.3. The molecule has 4 aromatic rings. The van der Waals surface area contributed by atoms with E-state index < -0.39 is 0 Å². The summed E-state index contributed by atoms with van der Waals surface area (Å²) in [6.45, 7) is 2.86. The Morgan fingerprint density at radius 3 is 2.63 bits per heavy atom. The summed E-state index contributed by atoms with van der Waals surface area (Å²) in [4.78, 5) is 22.8. The van der Waals surface area contributed by atoms with Crippen LogP contribution >= 0.6 is 23.2 Å². The lowest BCUT2D eigenvalue weighted by Gasteiger charge is -2.18. The van der Waals surface area contributed by atoms with Gasteiger partial charge in [0.2, 0.25) is 11.8 Å². The molecule has 2 saturated heterocycles. The van der Waals surface area contributed by atoms with Crippen LogP contribution in [0, 0.1) is 5.82 Å². The second-order valence-corrected chi connectivity index (χ2v) is 12.3. The first-order valence-electron chi connectivity index (χ1n) is 15.2. The average Bonchev–Trinajstić information content (AvgIpc) is 3.67. The number of hydrogen-bond donors (Lipinski definition) is 4. The van der Waals surface area contributed by atoms with Crippen LogP contribution in [0.5, 0.6) is 5.88 Å². The van der Waals surface area contributed by atoms with Gasteiger partial charge in [-0.2, -0.15) is 0 Å². The number of rotatable bonds is 11. The van der Waals surface area contributed by atoms with Gasteiger partial charge in [0.15, 0.2) is 5.82 Å². The molecular formula is C34H35Cl2FN6O3. The quantitative estimate of drug-likeness (QED) is 0.156. The van der Waals surface area contributed by atoms with Gasteiger partial charge in [0.25, 0.3) is 0 Å². The third-order valence-corrected chi connectivity index (χ3v) is 9.12. The maximum Gasteiger partial charge on any atom is 0.220 e. The summed E-state index contributed by atoms with van der Waals surface area (Å²) < 4.78 is 21.1. The zero-order chi connectivity index (χ0) is 32.2. The van der Waals surface area contributed by atoms with Crippen molar-refractivity contribution in [3.63, 3.8) is 0 Å². The Labute approximate surface area is 277 Å². The molecule has 2 atom stereocenters. The number of aliphatic hydroxyl groups excluding tert-OH is 1. The molecular weight excluding hydrogens is 630 g/mol. The summed E-state index contributed by atoms with van der Waals surface area (Å²) in [5.74, 6) is 0.180. The first-order chi connectivity index (χ1) is 22.3. The molecule has 0 radical (unpaired) electrons. The monoisotopic (exact) mass is 664 g/mol. The molecule has 0 spiro atoms. The molecule has 0 unspecified atom stereocenters. The molecule has 2 aromatic heterocycles. The number of amides is 1. The number of β-amino-alcohol motifs (C(OH)–C–C–N with tert-alkyl or cyclic N) is 1. The van der Waals surface area contributed by atoms with Crippen LogP contribution < -0.4 is 20.7 Å². The largest absolute Gasteiger partial charge is 0.481 e. The fourth-order valence-corrected chi connectivity index (χ4v) is 6.50. The fraction of sp³-hybridized carbons (Fsp3) is 0.324. The lowest BCUT2D eigenvalue weighted by molar-refractivity contribution is -0.119. The van der Waals surface area contributed by atoms with Crippen molar-refractivity contribution in [2.24, 2.45) is 0 Å². The maximum absolute atomic E-state index is 15.5. The number of nitrogens with one attached hydrogen (secondary N) is 3. The van der Waals surface area contributed by atoms with Crippen LogP contribution in [0.3, 0.4) is 0 Å². The molecule has 240 valence electrons. The number of likely N-dealkylation sites (tertiary alicyclic amines) is 1. The van der Waals surface area contributed by atoms with Crippen LogP contribution in [0.15, 0.2) is 60.8 Å². The summed E-state index contributed by atoms with van der Waals surface area (Å²) in [7, 11) is 1.57. The van der Waals surface area contributed by atoms with E-state index in [1.807, 2.05) is 29.2 Å². The molecule has 12 heteroatoms. The van der Waals surface area contributed by atoms with E-state index in [9.17, 15) is 9.90 Å². The Hall–Kier alpha value is -3.80. The number of nitrogens with zero attached hydrogens (tertiary/aromatic N) is 3. The van der Waals surface area contributed by atoms with Crippen molar-refractivity contribution in [1.82, 2.24) is 25.5 Å². The van der Waals surface area contributed by atoms with Crippen LogP contribution in [0.1, 0.15) is 30.4 Å². The van der Waals surface area contributed by atoms with Gasteiger partial charge in [-0.05, 0) is 37.1 Å². The van der Waals surface area contributed by atoms with Crippen LogP contribution in [0.4, 0.5) is 15.8 Å². The predicted octanol–water partition coefficient (Wildman–Crippen LogP) is 5.94. The minimum absolute atomic E-state index is 0.0862. The third kappa shape index (κ3) is 7.11. The van der Waals surface area contributed by atoms with Crippen molar-refractivity contribution in [2.75, 3.05) is 32.1 Å². The van der Waals surface area contributed by atoms with E-state index in [0.717, 1.165) is 18.5 Å². The van der Waals surface area contributed by atoms with Crippen LogP contribution in [-0.4, -0.2) is 64.8 Å². The summed E-state index contributed by atoms with van der Waals surface area (Å²) in [5.41, 5.74) is 4.50. The van der Waals surface area contributed by atoms with Crippen molar-refractivity contribution in [3.8, 4) is 28.4 Å². The Bertz CT molecular complexity index is 1740. The van der Waals surface area contributed by atoms with Crippen LogP contribution in [0.2, 0.25) is 10.0 Å². The van der Waals surface area contributed by atoms with Gasteiger partial charge in [-0.15, -0.1) is 0 Å². The van der Waals surface area contributed by atoms with Crippen LogP contribution in [0.25, 0.3) is 22.5 Å². The van der Waals surface area contributed by atoms with Crippen molar-refractivity contribution >= 4 is 40.5 Å². The number of aliphatic hydroxyl groups is 1. The van der Waals surface area contributed by atoms with E-state index >= 15 is 4.39 Å². The molecule has 6 rings (SSSR count). The Kier molecular flexibility index (Phi) is 10.0. The number of aromatic nitrogens is 2. The first kappa shape index (κ1) is 32.2. The standard InChI is InChI=1S/C34H35Cl2FN6O3/c1-46-34-20(16-38-17-22-9-11-29(45)40-22)8-10-26(42-34)24-12-14-39-33(31(24)36)25-5-3-6-27(30(25)35)41-28-7-2-4-21(32(28)37)18-43-15-13-23(44)19-43/h2-8,10,12,14,22-23,38,41,44H,9,11,13,15-19H2,1H3,(H,40,45)/t22-,23-/m0/s1. The SMILES string of the molecule is COc1nc(-c2ccnc(-c3cccc(Nc4cccc(CN5CC[C@H](O)C5)c4F)c3Cl)c2Cl)ccc1CNC[C@@H]1CCC(=O)N1. The molecule has 4 heterocycles. The summed E-state index contributed by atoms with van der Waals surface area (Å²) >= 11 is 13.8. The summed E-state index contributed by atoms with van der Waals surface area (Å²) in [6.07, 6.45) is 3.34. The highest BCUT2D eigenvalue weighted by atomic mass is 35.5. The number of carbonyl (C=O) groups excluding carboxylic acids is 1. The van der Waals surface area contributed by atoms with Gasteiger partial charge >= 0.3 is 0 Å². The number of anilines is 2. The summed E-state index contributed by atoms with van der Waals surface area (Å²) in [6, 6.07) is 16.3. The third-order valence-electron chi connectivity index (χ3n) is 8.33. The zero-order valence-electron chi connectivity index (χ0n) is 25.3. The smallest absolute Gasteiger partial charge is 0.220 e. The number of halogens is 3. The number of hydrogen-bond acceptors (Lipinski definition) is 8. The highest BCUT2D eigenvalue weighted by molar-refractivity contribution is 6.39. The first-order valence-corrected chi connectivity index (χ1v) is 16.0. The normalized spacial score (nSPS) is 18.2. The molecule has 4 N–H and O–H groups in total. The molecule has 2 aliphatic rings. The van der Waals surface area contributed by atoms with Gasteiger partial charge in [-0.1, -0.05) is 53.5 Å². The lowest BCUT2D eigenvalue weighted by atomic mass is 10.0. The van der Waals surface area contributed by atoms with Crippen molar-refractivity contribution < 1.29 is 19.0 Å². The second-order valence-electron chi connectivity index (χ2n) is 11.6. The van der Waals surface area contributed by atoms with E-state index in [0.29, 0.717) is 94.4 Å². The van der Waals surface area contributed by atoms with E-state index in [1.165, 1.54) is 0 Å². The molecule has 2 aromatic carbocycles. The molecule has 2 fully saturated rings. The Morgan fingerprint density at radius 1 is 1.04 bits per heavy atom. The molecule has 9 nitrogen and oxygen atoms in total. The molecule has 2 aliphatic heterocycles. The Morgan fingerprint density at radius 2 is 1.87 bits per heavy atom. The topological polar surface area (TPSA) is 112 Å². The molecule has 1 amide bonds. The fourth-order valence-electron chi connectivity index (χ4n) is 5.92. The number of carbonyl (C=O) groups is 1. The average molecular weight is 666 g/mol.